The molecular formula is C11H19N3OS. The van der Waals surface area contributed by atoms with Gasteiger partial charge in [-0.1, -0.05) is 0 Å². The minimum Gasteiger partial charge on any atom is -0.376 e. The largest absolute Gasteiger partial charge is 0.376 e. The van der Waals surface area contributed by atoms with Crippen molar-refractivity contribution in [3.8, 4) is 0 Å². The van der Waals surface area contributed by atoms with Gasteiger partial charge in [0.05, 0.1) is 12.7 Å². The lowest BCUT2D eigenvalue weighted by Crippen LogP contribution is -2.39. The predicted octanol–water partition coefficient (Wildman–Crippen LogP) is 0.920. The predicted molar refractivity (Wildman–Crippen MR) is 65.8 cm³/mol. The SMILES string of the molecule is Cc1csc(CNCCC2CNCCO2)n1. The lowest BCUT2D eigenvalue weighted by molar-refractivity contribution is 0.0238. The van der Waals surface area contributed by atoms with E-state index in [-0.39, 0.29) is 0 Å². The molecule has 0 aromatic carbocycles. The van der Waals surface area contributed by atoms with E-state index < -0.39 is 0 Å². The van der Waals surface area contributed by atoms with Gasteiger partial charge in [0, 0.05) is 30.7 Å². The molecule has 5 heteroatoms. The fourth-order valence-corrected chi connectivity index (χ4v) is 2.49. The summed E-state index contributed by atoms with van der Waals surface area (Å²) in [6.45, 7) is 6.71. The van der Waals surface area contributed by atoms with Crippen LogP contribution in [0.15, 0.2) is 5.38 Å². The summed E-state index contributed by atoms with van der Waals surface area (Å²) in [7, 11) is 0. The van der Waals surface area contributed by atoms with Gasteiger partial charge < -0.3 is 15.4 Å². The van der Waals surface area contributed by atoms with Gasteiger partial charge in [0.2, 0.25) is 0 Å². The molecule has 0 bridgehead atoms. The molecule has 2 N–H and O–H groups in total. The Morgan fingerprint density at radius 1 is 1.69 bits per heavy atom. The molecule has 0 aliphatic carbocycles. The van der Waals surface area contributed by atoms with Crippen LogP contribution in [0.5, 0.6) is 0 Å². The van der Waals surface area contributed by atoms with Gasteiger partial charge in [0.25, 0.3) is 0 Å². The van der Waals surface area contributed by atoms with Crippen LogP contribution in [0.25, 0.3) is 0 Å². The Bertz CT molecular complexity index is 310. The smallest absolute Gasteiger partial charge is 0.107 e. The van der Waals surface area contributed by atoms with Crippen LogP contribution < -0.4 is 10.6 Å². The summed E-state index contributed by atoms with van der Waals surface area (Å²) in [5, 5.41) is 9.99. The third kappa shape index (κ3) is 3.83. The summed E-state index contributed by atoms with van der Waals surface area (Å²) in [5.74, 6) is 0. The molecular weight excluding hydrogens is 222 g/mol. The molecule has 1 saturated heterocycles. The van der Waals surface area contributed by atoms with Gasteiger partial charge in [-0.3, -0.25) is 0 Å². The fraction of sp³-hybridized carbons (Fsp3) is 0.727. The average Bonchev–Trinajstić information content (AvgIpc) is 2.72. The number of thiazole rings is 1. The molecule has 0 spiro atoms. The molecule has 4 nitrogen and oxygen atoms in total. The standard InChI is InChI=1S/C11H19N3OS/c1-9-8-16-11(14-9)7-12-3-2-10-6-13-4-5-15-10/h8,10,12-13H,2-7H2,1H3. The van der Waals surface area contributed by atoms with Crippen LogP contribution in [0, 0.1) is 6.92 Å². The van der Waals surface area contributed by atoms with E-state index in [9.17, 15) is 0 Å². The van der Waals surface area contributed by atoms with Crippen LogP contribution in [0.1, 0.15) is 17.1 Å². The normalized spacial score (nSPS) is 21.2. The van der Waals surface area contributed by atoms with Gasteiger partial charge in [-0.05, 0) is 19.9 Å². The number of ether oxygens (including phenoxy) is 1. The molecule has 1 aliphatic rings. The van der Waals surface area contributed by atoms with Crippen molar-refractivity contribution in [2.24, 2.45) is 0 Å². The van der Waals surface area contributed by atoms with E-state index >= 15 is 0 Å². The third-order valence-electron chi connectivity index (χ3n) is 2.59. The fourth-order valence-electron chi connectivity index (χ4n) is 1.75. The zero-order valence-corrected chi connectivity index (χ0v) is 10.5. The second-order valence-electron chi connectivity index (χ2n) is 4.05. The number of rotatable bonds is 5. The zero-order valence-electron chi connectivity index (χ0n) is 9.66. The number of aryl methyl sites for hydroxylation is 1. The highest BCUT2D eigenvalue weighted by atomic mass is 32.1. The number of aromatic nitrogens is 1. The molecule has 2 heterocycles. The quantitative estimate of drug-likeness (QED) is 0.753. The number of hydrogen-bond donors (Lipinski definition) is 2. The molecule has 90 valence electrons. The van der Waals surface area contributed by atoms with Crippen molar-refractivity contribution in [1.82, 2.24) is 15.6 Å². The lowest BCUT2D eigenvalue weighted by Gasteiger charge is -2.23. The number of hydrogen-bond acceptors (Lipinski definition) is 5. The van der Waals surface area contributed by atoms with Crippen LogP contribution in [-0.2, 0) is 11.3 Å². The Morgan fingerprint density at radius 2 is 2.62 bits per heavy atom. The van der Waals surface area contributed by atoms with Gasteiger partial charge in [0.1, 0.15) is 5.01 Å². The second kappa shape index (κ2) is 6.30. The van der Waals surface area contributed by atoms with E-state index in [1.165, 1.54) is 5.01 Å². The Hall–Kier alpha value is -0.490. The van der Waals surface area contributed by atoms with Gasteiger partial charge in [-0.2, -0.15) is 0 Å². The first-order chi connectivity index (χ1) is 7.84. The summed E-state index contributed by atoms with van der Waals surface area (Å²) in [4.78, 5) is 4.41. The molecule has 1 fully saturated rings. The van der Waals surface area contributed by atoms with Crippen molar-refractivity contribution in [3.05, 3.63) is 16.1 Å². The summed E-state index contributed by atoms with van der Waals surface area (Å²) < 4.78 is 5.62. The van der Waals surface area contributed by atoms with Crippen molar-refractivity contribution >= 4 is 11.3 Å². The molecule has 0 radical (unpaired) electrons. The van der Waals surface area contributed by atoms with Crippen molar-refractivity contribution in [1.29, 1.82) is 0 Å². The van der Waals surface area contributed by atoms with Crippen LogP contribution >= 0.6 is 11.3 Å². The monoisotopic (exact) mass is 241 g/mol. The van der Waals surface area contributed by atoms with Crippen molar-refractivity contribution in [3.63, 3.8) is 0 Å². The molecule has 16 heavy (non-hydrogen) atoms. The third-order valence-corrected chi connectivity index (χ3v) is 3.56. The summed E-state index contributed by atoms with van der Waals surface area (Å²) in [5.41, 5.74) is 1.11. The minimum atomic E-state index is 0.374. The molecule has 1 unspecified atom stereocenters. The molecule has 0 saturated carbocycles. The summed E-state index contributed by atoms with van der Waals surface area (Å²) in [6.07, 6.45) is 1.44. The van der Waals surface area contributed by atoms with Crippen LogP contribution in [0.4, 0.5) is 0 Å². The van der Waals surface area contributed by atoms with Crippen LogP contribution in [-0.4, -0.2) is 37.3 Å². The first kappa shape index (κ1) is 12.0. The maximum Gasteiger partial charge on any atom is 0.107 e. The van der Waals surface area contributed by atoms with E-state index in [2.05, 4.69) is 21.0 Å². The number of nitrogens with zero attached hydrogens (tertiary/aromatic N) is 1. The minimum absolute atomic E-state index is 0.374. The summed E-state index contributed by atoms with van der Waals surface area (Å²) in [6, 6.07) is 0. The Balaban J connectivity index is 1.57. The van der Waals surface area contributed by atoms with Gasteiger partial charge >= 0.3 is 0 Å². The van der Waals surface area contributed by atoms with Crippen molar-refractivity contribution < 1.29 is 4.74 Å². The van der Waals surface area contributed by atoms with E-state index in [1.807, 2.05) is 6.92 Å². The van der Waals surface area contributed by atoms with Gasteiger partial charge in [-0.25, -0.2) is 4.98 Å². The van der Waals surface area contributed by atoms with Crippen molar-refractivity contribution in [2.75, 3.05) is 26.2 Å². The van der Waals surface area contributed by atoms with E-state index in [4.69, 9.17) is 4.74 Å². The first-order valence-electron chi connectivity index (χ1n) is 5.78. The number of nitrogens with one attached hydrogen (secondary N) is 2. The molecule has 1 aliphatic heterocycles. The maximum atomic E-state index is 5.62. The molecule has 1 aromatic heterocycles. The maximum absolute atomic E-state index is 5.62. The van der Waals surface area contributed by atoms with Crippen LogP contribution in [0.2, 0.25) is 0 Å². The zero-order chi connectivity index (χ0) is 11.2. The topological polar surface area (TPSA) is 46.2 Å². The molecule has 2 rings (SSSR count). The van der Waals surface area contributed by atoms with Crippen molar-refractivity contribution in [2.45, 2.75) is 26.0 Å². The molecule has 0 amide bonds. The second-order valence-corrected chi connectivity index (χ2v) is 4.99. The van der Waals surface area contributed by atoms with E-state index in [1.54, 1.807) is 11.3 Å². The Morgan fingerprint density at radius 3 is 3.31 bits per heavy atom. The van der Waals surface area contributed by atoms with E-state index in [0.29, 0.717) is 6.10 Å². The van der Waals surface area contributed by atoms with Gasteiger partial charge in [-0.15, -0.1) is 11.3 Å². The average molecular weight is 241 g/mol. The van der Waals surface area contributed by atoms with Gasteiger partial charge in [0.15, 0.2) is 0 Å². The van der Waals surface area contributed by atoms with Crippen LogP contribution in [0.3, 0.4) is 0 Å². The molecule has 1 aromatic rings. The Kier molecular flexibility index (Phi) is 4.71. The highest BCUT2D eigenvalue weighted by Crippen LogP contribution is 2.08. The highest BCUT2D eigenvalue weighted by molar-refractivity contribution is 7.09. The number of morpholine rings is 1. The van der Waals surface area contributed by atoms with E-state index in [0.717, 1.165) is 44.9 Å². The first-order valence-corrected chi connectivity index (χ1v) is 6.66. The Labute approximate surface area is 100 Å². The molecule has 1 atom stereocenters. The lowest BCUT2D eigenvalue weighted by atomic mass is 10.2. The highest BCUT2D eigenvalue weighted by Gasteiger charge is 2.12. The summed E-state index contributed by atoms with van der Waals surface area (Å²) >= 11 is 1.72.